The normalized spacial score (nSPS) is 15.6. The first-order valence-electron chi connectivity index (χ1n) is 8.61. The number of para-hydroxylation sites is 1. The summed E-state index contributed by atoms with van der Waals surface area (Å²) in [5, 5.41) is 2.97. The van der Waals surface area contributed by atoms with Crippen LogP contribution in [0.2, 0.25) is 0 Å². The molecule has 1 aromatic heterocycles. The van der Waals surface area contributed by atoms with Gasteiger partial charge in [0.25, 0.3) is 0 Å². The number of thioether (sulfide) groups is 1. The van der Waals surface area contributed by atoms with E-state index in [0.29, 0.717) is 11.3 Å². The minimum Gasteiger partial charge on any atom is -0.325 e. The van der Waals surface area contributed by atoms with Gasteiger partial charge in [0.15, 0.2) is 0 Å². The summed E-state index contributed by atoms with van der Waals surface area (Å²) < 4.78 is 0. The standard InChI is InChI=1S/C20H22N2O2S.ClH/c1-20(11-5-2-6-12-20)19(24)22-16-9-3-4-10-17(16)25-18(23)15-8-7-13-21-14-15;/h3-4,7-10,13-14H,2,5-6,11-12H2,1H3,(H,22,24);1H. The van der Waals surface area contributed by atoms with Crippen LogP contribution in [-0.4, -0.2) is 16.0 Å². The van der Waals surface area contributed by atoms with Crippen LogP contribution in [0.1, 0.15) is 49.4 Å². The molecule has 0 spiro atoms. The van der Waals surface area contributed by atoms with E-state index in [1.807, 2.05) is 31.2 Å². The molecule has 0 unspecified atom stereocenters. The van der Waals surface area contributed by atoms with Gasteiger partial charge in [0.2, 0.25) is 11.0 Å². The quantitative estimate of drug-likeness (QED) is 0.715. The van der Waals surface area contributed by atoms with Gasteiger partial charge in [0.1, 0.15) is 0 Å². The Hall–Kier alpha value is -1.85. The predicted molar refractivity (Wildman–Crippen MR) is 108 cm³/mol. The third kappa shape index (κ3) is 4.86. The summed E-state index contributed by atoms with van der Waals surface area (Å²) in [4.78, 5) is 29.9. The fourth-order valence-corrected chi connectivity index (χ4v) is 3.95. The van der Waals surface area contributed by atoms with Crippen molar-refractivity contribution in [2.24, 2.45) is 5.41 Å². The first-order valence-corrected chi connectivity index (χ1v) is 9.43. The van der Waals surface area contributed by atoms with Crippen molar-refractivity contribution < 1.29 is 9.59 Å². The maximum Gasteiger partial charge on any atom is 0.230 e. The van der Waals surface area contributed by atoms with Gasteiger partial charge in [0, 0.05) is 28.3 Å². The van der Waals surface area contributed by atoms with Gasteiger partial charge in [-0.15, -0.1) is 12.4 Å². The van der Waals surface area contributed by atoms with E-state index >= 15 is 0 Å². The molecule has 1 aliphatic carbocycles. The zero-order valence-corrected chi connectivity index (χ0v) is 16.4. The number of aromatic nitrogens is 1. The maximum absolute atomic E-state index is 12.8. The van der Waals surface area contributed by atoms with E-state index in [0.717, 1.165) is 42.3 Å². The second-order valence-corrected chi connectivity index (χ2v) is 7.72. The van der Waals surface area contributed by atoms with Gasteiger partial charge in [-0.1, -0.05) is 38.3 Å². The zero-order chi connectivity index (χ0) is 17.7. The lowest BCUT2D eigenvalue weighted by atomic mass is 9.75. The molecule has 0 aliphatic heterocycles. The van der Waals surface area contributed by atoms with Crippen molar-refractivity contribution in [2.45, 2.75) is 43.9 Å². The average Bonchev–Trinajstić information content (AvgIpc) is 2.64. The molecule has 0 saturated heterocycles. The SMILES string of the molecule is CC1(C(=O)Nc2ccccc2SC(=O)c2cccnc2)CCCCC1.Cl. The molecule has 1 aliphatic rings. The number of rotatable bonds is 4. The number of carbonyl (C=O) groups excluding carboxylic acids is 2. The van der Waals surface area contributed by atoms with E-state index in [4.69, 9.17) is 0 Å². The highest BCUT2D eigenvalue weighted by atomic mass is 35.5. The highest BCUT2D eigenvalue weighted by molar-refractivity contribution is 8.14. The topological polar surface area (TPSA) is 59.1 Å². The lowest BCUT2D eigenvalue weighted by molar-refractivity contribution is -0.126. The molecule has 1 N–H and O–H groups in total. The van der Waals surface area contributed by atoms with Crippen molar-refractivity contribution in [3.05, 3.63) is 54.4 Å². The summed E-state index contributed by atoms with van der Waals surface area (Å²) in [6, 6.07) is 10.9. The van der Waals surface area contributed by atoms with E-state index in [9.17, 15) is 9.59 Å². The van der Waals surface area contributed by atoms with Crippen LogP contribution in [0.25, 0.3) is 0 Å². The second kappa shape index (κ2) is 9.19. The van der Waals surface area contributed by atoms with Crippen LogP contribution in [-0.2, 0) is 4.79 Å². The van der Waals surface area contributed by atoms with Crippen molar-refractivity contribution in [1.82, 2.24) is 4.98 Å². The van der Waals surface area contributed by atoms with E-state index < -0.39 is 0 Å². The highest BCUT2D eigenvalue weighted by Crippen LogP contribution is 2.38. The Morgan fingerprint density at radius 3 is 2.50 bits per heavy atom. The zero-order valence-electron chi connectivity index (χ0n) is 14.7. The van der Waals surface area contributed by atoms with Gasteiger partial charge in [-0.25, -0.2) is 0 Å². The Labute approximate surface area is 164 Å². The molecule has 0 bridgehead atoms. The second-order valence-electron chi connectivity index (χ2n) is 6.70. The molecule has 1 heterocycles. The van der Waals surface area contributed by atoms with Crippen molar-refractivity contribution in [1.29, 1.82) is 0 Å². The first-order chi connectivity index (χ1) is 12.1. The number of halogens is 1. The Bertz CT molecular complexity index is 761. The lowest BCUT2D eigenvalue weighted by Gasteiger charge is -2.32. The van der Waals surface area contributed by atoms with Gasteiger partial charge < -0.3 is 5.32 Å². The van der Waals surface area contributed by atoms with Crippen molar-refractivity contribution in [3.8, 4) is 0 Å². The van der Waals surface area contributed by atoms with Gasteiger partial charge in [-0.2, -0.15) is 0 Å². The smallest absolute Gasteiger partial charge is 0.230 e. The fraction of sp³-hybridized carbons (Fsp3) is 0.350. The number of pyridine rings is 1. The molecule has 2 aromatic rings. The van der Waals surface area contributed by atoms with Gasteiger partial charge >= 0.3 is 0 Å². The lowest BCUT2D eigenvalue weighted by Crippen LogP contribution is -2.35. The summed E-state index contributed by atoms with van der Waals surface area (Å²) in [5.41, 5.74) is 0.929. The van der Waals surface area contributed by atoms with Crippen molar-refractivity contribution in [2.75, 3.05) is 5.32 Å². The summed E-state index contributed by atoms with van der Waals surface area (Å²) in [7, 11) is 0. The third-order valence-corrected chi connectivity index (χ3v) is 5.74. The van der Waals surface area contributed by atoms with Crippen molar-refractivity contribution >= 4 is 40.9 Å². The molecule has 1 saturated carbocycles. The monoisotopic (exact) mass is 390 g/mol. The number of nitrogens with one attached hydrogen (secondary N) is 1. The average molecular weight is 391 g/mol. The molecular weight excluding hydrogens is 368 g/mol. The van der Waals surface area contributed by atoms with Crippen LogP contribution >= 0.6 is 24.2 Å². The summed E-state index contributed by atoms with van der Waals surface area (Å²) in [6.07, 6.45) is 8.43. The Kier molecular flexibility index (Phi) is 7.23. The summed E-state index contributed by atoms with van der Waals surface area (Å²) in [5.74, 6) is 0.0501. The van der Waals surface area contributed by atoms with E-state index in [2.05, 4.69) is 10.3 Å². The predicted octanol–water partition coefficient (Wildman–Crippen LogP) is 5.34. The number of hydrogen-bond acceptors (Lipinski definition) is 4. The van der Waals surface area contributed by atoms with Crippen LogP contribution in [0.3, 0.4) is 0 Å². The number of carbonyl (C=O) groups is 2. The molecule has 6 heteroatoms. The van der Waals surface area contributed by atoms with E-state index in [-0.39, 0.29) is 28.8 Å². The Morgan fingerprint density at radius 2 is 1.81 bits per heavy atom. The van der Waals surface area contributed by atoms with Crippen LogP contribution < -0.4 is 5.32 Å². The minimum absolute atomic E-state index is 0. The molecular formula is C20H23ClN2O2S. The molecule has 1 amide bonds. The number of nitrogens with zero attached hydrogens (tertiary/aromatic N) is 1. The van der Waals surface area contributed by atoms with Gasteiger partial charge in [-0.05, 0) is 48.9 Å². The molecule has 3 rings (SSSR count). The largest absolute Gasteiger partial charge is 0.325 e. The molecule has 26 heavy (non-hydrogen) atoms. The Balaban J connectivity index is 0.00000243. The molecule has 0 atom stereocenters. The third-order valence-electron chi connectivity index (χ3n) is 4.74. The van der Waals surface area contributed by atoms with Gasteiger partial charge in [-0.3, -0.25) is 14.6 Å². The highest BCUT2D eigenvalue weighted by Gasteiger charge is 2.34. The first kappa shape index (κ1) is 20.5. The molecule has 1 aromatic carbocycles. The summed E-state index contributed by atoms with van der Waals surface area (Å²) in [6.45, 7) is 2.04. The Morgan fingerprint density at radius 1 is 1.08 bits per heavy atom. The van der Waals surface area contributed by atoms with Crippen LogP contribution in [0.5, 0.6) is 0 Å². The fourth-order valence-electron chi connectivity index (χ4n) is 3.13. The number of amides is 1. The maximum atomic E-state index is 12.8. The summed E-state index contributed by atoms with van der Waals surface area (Å²) >= 11 is 1.12. The van der Waals surface area contributed by atoms with Crippen molar-refractivity contribution in [3.63, 3.8) is 0 Å². The van der Waals surface area contributed by atoms with Crippen LogP contribution in [0.4, 0.5) is 5.69 Å². The van der Waals surface area contributed by atoms with E-state index in [1.165, 1.54) is 6.42 Å². The van der Waals surface area contributed by atoms with Crippen LogP contribution in [0.15, 0.2) is 53.7 Å². The number of anilines is 1. The molecule has 138 valence electrons. The van der Waals surface area contributed by atoms with Crippen LogP contribution in [0, 0.1) is 5.41 Å². The molecule has 1 fully saturated rings. The number of benzene rings is 1. The minimum atomic E-state index is -0.316. The van der Waals surface area contributed by atoms with Gasteiger partial charge in [0.05, 0.1) is 5.69 Å². The number of hydrogen-bond donors (Lipinski definition) is 1. The van der Waals surface area contributed by atoms with E-state index in [1.54, 1.807) is 24.5 Å². The molecule has 0 radical (unpaired) electrons. The molecule has 4 nitrogen and oxygen atoms in total.